The van der Waals surface area contributed by atoms with Gasteiger partial charge in [0.25, 0.3) is 0 Å². The van der Waals surface area contributed by atoms with E-state index in [-0.39, 0.29) is 5.78 Å². The first-order valence-electron chi connectivity index (χ1n) is 8.36. The van der Waals surface area contributed by atoms with E-state index in [1.807, 2.05) is 30.3 Å². The highest BCUT2D eigenvalue weighted by atomic mass is 16.5. The molecular weight excluding hydrogens is 302 g/mol. The van der Waals surface area contributed by atoms with Crippen LogP contribution in [0.1, 0.15) is 29.3 Å². The molecule has 0 spiro atoms. The van der Waals surface area contributed by atoms with Crippen LogP contribution < -0.4 is 14.4 Å². The first-order chi connectivity index (χ1) is 11.6. The van der Waals surface area contributed by atoms with Crippen molar-refractivity contribution in [3.63, 3.8) is 0 Å². The monoisotopic (exact) mass is 325 g/mol. The third kappa shape index (κ3) is 3.88. The van der Waals surface area contributed by atoms with Crippen LogP contribution in [0.3, 0.4) is 0 Å². The number of aryl methyl sites for hydroxylation is 1. The first kappa shape index (κ1) is 16.4. The topological polar surface area (TPSA) is 38.8 Å². The van der Waals surface area contributed by atoms with Crippen LogP contribution in [0.15, 0.2) is 42.5 Å². The predicted molar refractivity (Wildman–Crippen MR) is 95.4 cm³/mol. The van der Waals surface area contributed by atoms with Gasteiger partial charge in [0.1, 0.15) is 18.1 Å². The molecule has 0 aromatic heterocycles. The Labute approximate surface area is 143 Å². The Kier molecular flexibility index (Phi) is 5.04. The van der Waals surface area contributed by atoms with Crippen LogP contribution >= 0.6 is 0 Å². The molecule has 4 nitrogen and oxygen atoms in total. The molecule has 1 heterocycles. The summed E-state index contributed by atoms with van der Waals surface area (Å²) in [5.74, 6) is 1.83. The largest absolute Gasteiger partial charge is 0.494 e. The van der Waals surface area contributed by atoms with E-state index in [1.54, 1.807) is 6.92 Å². The van der Waals surface area contributed by atoms with Gasteiger partial charge in [0.15, 0.2) is 5.78 Å². The maximum atomic E-state index is 11.6. The number of rotatable bonds is 6. The van der Waals surface area contributed by atoms with E-state index < -0.39 is 0 Å². The average molecular weight is 325 g/mol. The van der Waals surface area contributed by atoms with Gasteiger partial charge in [-0.1, -0.05) is 17.7 Å². The molecule has 24 heavy (non-hydrogen) atoms. The maximum absolute atomic E-state index is 11.6. The number of anilines is 1. The first-order valence-corrected chi connectivity index (χ1v) is 8.36. The van der Waals surface area contributed by atoms with Gasteiger partial charge in [0.2, 0.25) is 0 Å². The van der Waals surface area contributed by atoms with Crippen molar-refractivity contribution in [1.82, 2.24) is 0 Å². The zero-order chi connectivity index (χ0) is 16.9. The lowest BCUT2D eigenvalue weighted by Crippen LogP contribution is -2.34. The number of fused-ring (bicyclic) bond motifs is 1. The fourth-order valence-electron chi connectivity index (χ4n) is 2.80. The molecule has 126 valence electrons. The van der Waals surface area contributed by atoms with Gasteiger partial charge in [0.05, 0.1) is 18.8 Å². The number of carbonyl (C=O) groups is 1. The Morgan fingerprint density at radius 1 is 1.21 bits per heavy atom. The zero-order valence-corrected chi connectivity index (χ0v) is 14.2. The molecule has 0 saturated heterocycles. The summed E-state index contributed by atoms with van der Waals surface area (Å²) < 4.78 is 11.5. The standard InChI is InChI=1S/C20H23NO3/c1-15-4-7-18(8-5-15)23-12-3-10-21-11-13-24-20-9-6-17(16(2)22)14-19(20)21/h4-9,14H,3,10-13H2,1-2H3. The molecular formula is C20H23NO3. The van der Waals surface area contributed by atoms with E-state index in [0.29, 0.717) is 13.2 Å². The average Bonchev–Trinajstić information content (AvgIpc) is 2.60. The van der Waals surface area contributed by atoms with Crippen molar-refractivity contribution in [2.75, 3.05) is 31.2 Å². The molecule has 0 amide bonds. The van der Waals surface area contributed by atoms with Crippen molar-refractivity contribution in [2.45, 2.75) is 20.3 Å². The van der Waals surface area contributed by atoms with Crippen LogP contribution in [0.2, 0.25) is 0 Å². The maximum Gasteiger partial charge on any atom is 0.159 e. The Morgan fingerprint density at radius 3 is 2.75 bits per heavy atom. The number of ether oxygens (including phenoxy) is 2. The van der Waals surface area contributed by atoms with E-state index in [2.05, 4.69) is 24.0 Å². The Bertz CT molecular complexity index is 709. The normalized spacial score (nSPS) is 13.2. The Morgan fingerprint density at radius 2 is 2.00 bits per heavy atom. The van der Waals surface area contributed by atoms with E-state index in [4.69, 9.17) is 9.47 Å². The molecule has 0 atom stereocenters. The van der Waals surface area contributed by atoms with Gasteiger partial charge in [-0.2, -0.15) is 0 Å². The molecule has 0 fully saturated rings. The minimum atomic E-state index is 0.0750. The summed E-state index contributed by atoms with van der Waals surface area (Å²) in [5, 5.41) is 0. The van der Waals surface area contributed by atoms with Gasteiger partial charge in [-0.05, 0) is 50.6 Å². The molecule has 3 rings (SSSR count). The van der Waals surface area contributed by atoms with Crippen LogP contribution in [0, 0.1) is 6.92 Å². The van der Waals surface area contributed by atoms with E-state index in [0.717, 1.165) is 42.3 Å². The van der Waals surface area contributed by atoms with Crippen LogP contribution in [0.4, 0.5) is 5.69 Å². The van der Waals surface area contributed by atoms with Crippen LogP contribution in [0.25, 0.3) is 0 Å². The van der Waals surface area contributed by atoms with E-state index >= 15 is 0 Å². The number of hydrogen-bond donors (Lipinski definition) is 0. The van der Waals surface area contributed by atoms with Crippen LogP contribution in [0.5, 0.6) is 11.5 Å². The fourth-order valence-corrected chi connectivity index (χ4v) is 2.80. The van der Waals surface area contributed by atoms with Crippen molar-refractivity contribution >= 4 is 11.5 Å². The smallest absolute Gasteiger partial charge is 0.159 e. The number of carbonyl (C=O) groups excluding carboxylic acids is 1. The molecule has 1 aliphatic heterocycles. The summed E-state index contributed by atoms with van der Waals surface area (Å²) in [6.45, 7) is 6.70. The summed E-state index contributed by atoms with van der Waals surface area (Å²) >= 11 is 0. The molecule has 1 aliphatic rings. The highest BCUT2D eigenvalue weighted by Crippen LogP contribution is 2.32. The van der Waals surface area contributed by atoms with Gasteiger partial charge in [-0.15, -0.1) is 0 Å². The predicted octanol–water partition coefficient (Wildman–Crippen LogP) is 3.87. The number of hydrogen-bond acceptors (Lipinski definition) is 4. The molecule has 0 saturated carbocycles. The third-order valence-corrected chi connectivity index (χ3v) is 4.19. The second kappa shape index (κ2) is 7.39. The van der Waals surface area contributed by atoms with Gasteiger partial charge in [-0.25, -0.2) is 0 Å². The number of Topliss-reactive ketones (excluding diaryl/α,β-unsaturated/α-hetero) is 1. The minimum Gasteiger partial charge on any atom is -0.494 e. The highest BCUT2D eigenvalue weighted by molar-refractivity contribution is 5.95. The number of ketones is 1. The molecule has 0 aliphatic carbocycles. The summed E-state index contributed by atoms with van der Waals surface area (Å²) in [5.41, 5.74) is 2.96. The second-order valence-electron chi connectivity index (χ2n) is 6.09. The fraction of sp³-hybridized carbons (Fsp3) is 0.350. The second-order valence-corrected chi connectivity index (χ2v) is 6.09. The molecule has 2 aromatic rings. The molecule has 0 N–H and O–H groups in total. The SMILES string of the molecule is CC(=O)c1ccc2c(c1)N(CCCOc1ccc(C)cc1)CCO2. The van der Waals surface area contributed by atoms with Gasteiger partial charge >= 0.3 is 0 Å². The highest BCUT2D eigenvalue weighted by Gasteiger charge is 2.19. The van der Waals surface area contributed by atoms with Gasteiger partial charge in [-0.3, -0.25) is 4.79 Å². The van der Waals surface area contributed by atoms with Crippen molar-refractivity contribution < 1.29 is 14.3 Å². The van der Waals surface area contributed by atoms with Crippen molar-refractivity contribution in [3.8, 4) is 11.5 Å². The number of nitrogens with zero attached hydrogens (tertiary/aromatic N) is 1. The zero-order valence-electron chi connectivity index (χ0n) is 14.2. The lowest BCUT2D eigenvalue weighted by molar-refractivity contribution is 0.101. The third-order valence-electron chi connectivity index (χ3n) is 4.19. The molecule has 0 bridgehead atoms. The Balaban J connectivity index is 1.57. The molecule has 0 radical (unpaired) electrons. The number of benzene rings is 2. The lowest BCUT2D eigenvalue weighted by Gasteiger charge is -2.31. The Hall–Kier alpha value is -2.49. The van der Waals surface area contributed by atoms with Crippen LogP contribution in [-0.4, -0.2) is 32.1 Å². The summed E-state index contributed by atoms with van der Waals surface area (Å²) in [6.07, 6.45) is 0.914. The summed E-state index contributed by atoms with van der Waals surface area (Å²) in [4.78, 5) is 13.9. The van der Waals surface area contributed by atoms with Crippen LogP contribution in [-0.2, 0) is 0 Å². The lowest BCUT2D eigenvalue weighted by atomic mass is 10.1. The van der Waals surface area contributed by atoms with Gasteiger partial charge in [0, 0.05) is 12.1 Å². The van der Waals surface area contributed by atoms with E-state index in [9.17, 15) is 4.79 Å². The quantitative estimate of drug-likeness (QED) is 0.597. The van der Waals surface area contributed by atoms with Crippen molar-refractivity contribution in [2.24, 2.45) is 0 Å². The summed E-state index contributed by atoms with van der Waals surface area (Å²) in [6, 6.07) is 13.7. The summed E-state index contributed by atoms with van der Waals surface area (Å²) in [7, 11) is 0. The molecule has 2 aromatic carbocycles. The van der Waals surface area contributed by atoms with Gasteiger partial charge < -0.3 is 14.4 Å². The van der Waals surface area contributed by atoms with Crippen molar-refractivity contribution in [1.29, 1.82) is 0 Å². The van der Waals surface area contributed by atoms with E-state index in [1.165, 1.54) is 5.56 Å². The van der Waals surface area contributed by atoms with Crippen molar-refractivity contribution in [3.05, 3.63) is 53.6 Å². The minimum absolute atomic E-state index is 0.0750. The molecule has 0 unspecified atom stereocenters. The molecule has 4 heteroatoms.